The monoisotopic (exact) mass is 616 g/mol. The van der Waals surface area contributed by atoms with Crippen LogP contribution in [-0.4, -0.2) is 47.3 Å². The maximum absolute atomic E-state index is 12.9. The van der Waals surface area contributed by atoms with Crippen molar-refractivity contribution in [2.75, 3.05) is 20.3 Å². The summed E-state index contributed by atoms with van der Waals surface area (Å²) >= 11 is 11.3. The van der Waals surface area contributed by atoms with Crippen molar-refractivity contribution in [2.24, 2.45) is 16.0 Å². The molecule has 0 atom stereocenters. The van der Waals surface area contributed by atoms with Gasteiger partial charge in [-0.1, -0.05) is 46.8 Å². The highest BCUT2D eigenvalue weighted by Crippen LogP contribution is 2.39. The summed E-state index contributed by atoms with van der Waals surface area (Å²) in [5.74, 6) is 1.40. The van der Waals surface area contributed by atoms with E-state index in [-0.39, 0.29) is 18.0 Å². The van der Waals surface area contributed by atoms with Gasteiger partial charge in [0.15, 0.2) is 17.3 Å². The van der Waals surface area contributed by atoms with E-state index >= 15 is 0 Å². The molecule has 1 saturated carbocycles. The zero-order valence-corrected chi connectivity index (χ0v) is 23.9. The molecule has 2 aliphatic heterocycles. The lowest BCUT2D eigenvalue weighted by atomic mass is 9.90. The largest absolute Gasteiger partial charge is 0.493 e. The lowest BCUT2D eigenvalue weighted by Gasteiger charge is -2.20. The Morgan fingerprint density at radius 1 is 1.16 bits per heavy atom. The first kappa shape index (κ1) is 26.8. The number of carbonyl (C=O) groups excluding carboxylic acids is 1. The number of hydrogen-bond donors (Lipinski definition) is 1. The van der Waals surface area contributed by atoms with Crippen LogP contribution in [0.1, 0.15) is 37.7 Å². The molecule has 1 aliphatic carbocycles. The number of methoxy groups -OCH3 is 1. The Kier molecular flexibility index (Phi) is 8.40. The Balaban J connectivity index is 1.29. The fourth-order valence-electron chi connectivity index (χ4n) is 4.49. The Labute approximate surface area is 238 Å². The van der Waals surface area contributed by atoms with Crippen molar-refractivity contribution in [3.8, 4) is 17.2 Å². The predicted molar refractivity (Wildman–Crippen MR) is 155 cm³/mol. The van der Waals surface area contributed by atoms with Gasteiger partial charge in [0.1, 0.15) is 24.0 Å². The molecule has 2 heterocycles. The highest BCUT2D eigenvalue weighted by Gasteiger charge is 2.38. The number of nitrogens with one attached hydrogen (secondary N) is 1. The highest BCUT2D eigenvalue weighted by atomic mass is 79.9. The summed E-state index contributed by atoms with van der Waals surface area (Å²) in [6.45, 7) is 0.567. The van der Waals surface area contributed by atoms with Gasteiger partial charge in [-0.05, 0) is 72.6 Å². The lowest BCUT2D eigenvalue weighted by molar-refractivity contribution is -0.114. The molecule has 0 saturated heterocycles. The molecule has 0 aromatic heterocycles. The zero-order chi connectivity index (χ0) is 26.6. The number of amides is 1. The van der Waals surface area contributed by atoms with Crippen LogP contribution < -0.4 is 14.2 Å². The fraction of sp³-hybridized carbons (Fsp3) is 0.333. The van der Waals surface area contributed by atoms with E-state index in [1.54, 1.807) is 18.2 Å². The molecular formula is C27H26BrClN4O4S. The normalized spacial score (nSPS) is 18.8. The summed E-state index contributed by atoms with van der Waals surface area (Å²) in [7, 11) is 1.51. The number of amidine groups is 2. The van der Waals surface area contributed by atoms with Gasteiger partial charge in [-0.2, -0.15) is 15.1 Å². The van der Waals surface area contributed by atoms with Gasteiger partial charge in [0.25, 0.3) is 5.91 Å². The first-order valence-electron chi connectivity index (χ1n) is 12.3. The molecule has 5 rings (SSSR count). The van der Waals surface area contributed by atoms with Gasteiger partial charge in [-0.3, -0.25) is 10.2 Å². The Morgan fingerprint density at radius 2 is 1.89 bits per heavy atom. The maximum Gasteiger partial charge on any atom is 0.283 e. The standard InChI is InChI=1S/C27H26BrClN4O4S/c1-35-22-15-16(14-21(29)23(22)37-12-11-36-19-9-7-18(28)8-10-19)13-20-24(30)33-27(31-25(20)34)38-26(32-33)17-5-3-2-4-6-17/h7-10,13-15,17,30H,2-6,11-12H2,1H3/b20-13-,30-24?. The van der Waals surface area contributed by atoms with E-state index in [9.17, 15) is 4.79 Å². The van der Waals surface area contributed by atoms with Gasteiger partial charge in [0.05, 0.1) is 17.7 Å². The van der Waals surface area contributed by atoms with E-state index in [0.717, 1.165) is 28.1 Å². The molecule has 0 spiro atoms. The topological polar surface area (TPSA) is 96.6 Å². The molecule has 0 unspecified atom stereocenters. The molecule has 11 heteroatoms. The average Bonchev–Trinajstić information content (AvgIpc) is 3.35. The lowest BCUT2D eigenvalue weighted by Crippen LogP contribution is -2.35. The number of rotatable bonds is 8. The van der Waals surface area contributed by atoms with Crippen LogP contribution in [0.25, 0.3) is 6.08 Å². The molecule has 8 nitrogen and oxygen atoms in total. The quantitative estimate of drug-likeness (QED) is 0.260. The predicted octanol–water partition coefficient (Wildman–Crippen LogP) is 6.77. The van der Waals surface area contributed by atoms with Crippen molar-refractivity contribution in [2.45, 2.75) is 32.1 Å². The van der Waals surface area contributed by atoms with Crippen molar-refractivity contribution in [1.29, 1.82) is 5.41 Å². The van der Waals surface area contributed by atoms with Crippen LogP contribution in [0.3, 0.4) is 0 Å². The molecule has 1 N–H and O–H groups in total. The molecule has 38 heavy (non-hydrogen) atoms. The van der Waals surface area contributed by atoms with Crippen LogP contribution in [0.2, 0.25) is 5.02 Å². The van der Waals surface area contributed by atoms with E-state index in [2.05, 4.69) is 26.0 Å². The zero-order valence-electron chi connectivity index (χ0n) is 20.7. The molecule has 2 aromatic rings. The summed E-state index contributed by atoms with van der Waals surface area (Å²) in [5, 5.41) is 16.5. The van der Waals surface area contributed by atoms with E-state index in [0.29, 0.717) is 39.8 Å². The minimum Gasteiger partial charge on any atom is -0.493 e. The molecule has 0 radical (unpaired) electrons. The molecule has 0 bridgehead atoms. The van der Waals surface area contributed by atoms with E-state index in [1.165, 1.54) is 43.1 Å². The number of thioether (sulfide) groups is 1. The molecule has 198 valence electrons. The third-order valence-corrected chi connectivity index (χ3v) is 8.28. The second-order valence-corrected chi connectivity index (χ2v) is 11.3. The molecule has 3 aliphatic rings. The van der Waals surface area contributed by atoms with Crippen LogP contribution in [0.5, 0.6) is 17.2 Å². The summed E-state index contributed by atoms with van der Waals surface area (Å²) in [6.07, 6.45) is 7.35. The summed E-state index contributed by atoms with van der Waals surface area (Å²) in [5.41, 5.74) is 0.720. The van der Waals surface area contributed by atoms with Crippen LogP contribution >= 0.6 is 39.3 Å². The Hall–Kier alpha value is -2.82. The van der Waals surface area contributed by atoms with Crippen LogP contribution in [0.15, 0.2) is 56.5 Å². The van der Waals surface area contributed by atoms with E-state index in [4.69, 9.17) is 31.2 Å². The van der Waals surface area contributed by atoms with Crippen LogP contribution in [0.4, 0.5) is 0 Å². The number of benzene rings is 2. The van der Waals surface area contributed by atoms with Crippen molar-refractivity contribution >= 4 is 67.3 Å². The first-order chi connectivity index (χ1) is 18.4. The van der Waals surface area contributed by atoms with Gasteiger partial charge in [0.2, 0.25) is 5.17 Å². The number of fused-ring (bicyclic) bond motifs is 1. The van der Waals surface area contributed by atoms with Gasteiger partial charge in [0, 0.05) is 10.4 Å². The van der Waals surface area contributed by atoms with Gasteiger partial charge in [-0.15, -0.1) is 0 Å². The Morgan fingerprint density at radius 3 is 2.63 bits per heavy atom. The van der Waals surface area contributed by atoms with Crippen molar-refractivity contribution in [3.63, 3.8) is 0 Å². The van der Waals surface area contributed by atoms with Gasteiger partial charge in [-0.25, -0.2) is 0 Å². The number of hydrogen-bond acceptors (Lipinski definition) is 7. The van der Waals surface area contributed by atoms with Crippen LogP contribution in [0, 0.1) is 11.3 Å². The highest BCUT2D eigenvalue weighted by molar-refractivity contribution is 9.10. The number of nitrogens with zero attached hydrogens (tertiary/aromatic N) is 3. The number of aliphatic imine (C=N–C) groups is 1. The van der Waals surface area contributed by atoms with Crippen LogP contribution in [-0.2, 0) is 4.79 Å². The third kappa shape index (κ3) is 5.92. The number of halogens is 2. The molecule has 1 fully saturated rings. The Bertz CT molecular complexity index is 1340. The smallest absolute Gasteiger partial charge is 0.283 e. The van der Waals surface area contributed by atoms with Crippen molar-refractivity contribution in [1.82, 2.24) is 5.01 Å². The fourth-order valence-corrected chi connectivity index (χ4v) is 6.08. The van der Waals surface area contributed by atoms with Crippen molar-refractivity contribution in [3.05, 3.63) is 57.0 Å². The minimum absolute atomic E-state index is 0.00110. The second kappa shape index (κ2) is 11.9. The summed E-state index contributed by atoms with van der Waals surface area (Å²) in [4.78, 5) is 17.1. The summed E-state index contributed by atoms with van der Waals surface area (Å²) < 4.78 is 18.0. The first-order valence-corrected chi connectivity index (χ1v) is 14.3. The number of ether oxygens (including phenoxy) is 3. The van der Waals surface area contributed by atoms with Crippen molar-refractivity contribution < 1.29 is 19.0 Å². The second-order valence-electron chi connectivity index (χ2n) is 8.98. The number of carbonyl (C=O) groups is 1. The molecular weight excluding hydrogens is 592 g/mol. The molecule has 2 aromatic carbocycles. The van der Waals surface area contributed by atoms with E-state index < -0.39 is 5.91 Å². The number of hydrazone groups is 1. The van der Waals surface area contributed by atoms with E-state index in [1.807, 2.05) is 24.3 Å². The minimum atomic E-state index is -0.477. The average molecular weight is 618 g/mol. The summed E-state index contributed by atoms with van der Waals surface area (Å²) in [6, 6.07) is 10.9. The SMILES string of the molecule is COc1cc(/C=C2/C(=N)N3N=C(C4CCCCC4)SC3=NC2=O)cc(Cl)c1OCCOc1ccc(Br)cc1. The van der Waals surface area contributed by atoms with Gasteiger partial charge >= 0.3 is 0 Å². The third-order valence-electron chi connectivity index (χ3n) is 6.40. The van der Waals surface area contributed by atoms with Gasteiger partial charge < -0.3 is 14.2 Å². The maximum atomic E-state index is 12.9. The molecule has 1 amide bonds.